The Labute approximate surface area is 153 Å². The lowest BCUT2D eigenvalue weighted by molar-refractivity contribution is 0.0365. The number of hydrogen-bond donors (Lipinski definition) is 0. The molecular weight excluding hydrogens is 332 g/mol. The van der Waals surface area contributed by atoms with E-state index < -0.39 is 0 Å². The molecule has 0 spiro atoms. The van der Waals surface area contributed by atoms with Gasteiger partial charge in [-0.15, -0.1) is 11.3 Å². The van der Waals surface area contributed by atoms with Gasteiger partial charge in [-0.1, -0.05) is 19.3 Å². The van der Waals surface area contributed by atoms with Crippen molar-refractivity contribution in [2.45, 2.75) is 45.6 Å². The van der Waals surface area contributed by atoms with Crippen molar-refractivity contribution in [1.29, 1.82) is 0 Å². The first-order valence-corrected chi connectivity index (χ1v) is 10.5. The molecule has 3 heterocycles. The van der Waals surface area contributed by atoms with E-state index in [1.165, 1.54) is 35.2 Å². The van der Waals surface area contributed by atoms with Crippen LogP contribution < -0.4 is 0 Å². The number of thiophene rings is 1. The topological polar surface area (TPSA) is 34.5 Å². The largest absolute Gasteiger partial charge is 0.379 e. The first kappa shape index (κ1) is 17.3. The van der Waals surface area contributed by atoms with Gasteiger partial charge < -0.3 is 9.30 Å². The van der Waals surface area contributed by atoms with Crippen LogP contribution in [-0.2, 0) is 11.3 Å². The maximum atomic E-state index is 13.2. The summed E-state index contributed by atoms with van der Waals surface area (Å²) in [5.74, 6) is 0.636. The average molecular weight is 361 g/mol. The molecule has 0 atom stereocenters. The van der Waals surface area contributed by atoms with Gasteiger partial charge in [-0.2, -0.15) is 0 Å². The van der Waals surface area contributed by atoms with E-state index in [4.69, 9.17) is 4.74 Å². The lowest BCUT2D eigenvalue weighted by Gasteiger charge is -2.27. The van der Waals surface area contributed by atoms with E-state index in [0.717, 1.165) is 57.8 Å². The number of fused-ring (bicyclic) bond motifs is 1. The second kappa shape index (κ2) is 7.60. The first-order chi connectivity index (χ1) is 12.3. The molecule has 2 fully saturated rings. The molecule has 2 aromatic heterocycles. The van der Waals surface area contributed by atoms with E-state index >= 15 is 0 Å². The summed E-state index contributed by atoms with van der Waals surface area (Å²) in [6.45, 7) is 7.84. The van der Waals surface area contributed by atoms with E-state index in [9.17, 15) is 4.79 Å². The Kier molecular flexibility index (Phi) is 5.25. The number of ketones is 1. The Morgan fingerprint density at radius 2 is 1.96 bits per heavy atom. The highest BCUT2D eigenvalue weighted by Crippen LogP contribution is 2.35. The van der Waals surface area contributed by atoms with Crippen molar-refractivity contribution in [3.05, 3.63) is 22.7 Å². The number of ether oxygens (including phenoxy) is 1. The van der Waals surface area contributed by atoms with E-state index in [1.807, 2.05) is 0 Å². The normalized spacial score (nSPS) is 20.4. The summed E-state index contributed by atoms with van der Waals surface area (Å²) in [6, 6.07) is 2.15. The minimum Gasteiger partial charge on any atom is -0.379 e. The molecule has 1 aliphatic carbocycles. The maximum Gasteiger partial charge on any atom is 0.168 e. The molecule has 5 heteroatoms. The van der Waals surface area contributed by atoms with Crippen LogP contribution in [0.15, 0.2) is 11.4 Å². The Balaban J connectivity index is 1.58. The van der Waals surface area contributed by atoms with Gasteiger partial charge in [0.05, 0.1) is 13.2 Å². The van der Waals surface area contributed by atoms with Crippen molar-refractivity contribution in [3.8, 4) is 0 Å². The van der Waals surface area contributed by atoms with Crippen LogP contribution >= 0.6 is 11.3 Å². The minimum atomic E-state index is 0.241. The summed E-state index contributed by atoms with van der Waals surface area (Å²) in [5, 5.41) is 3.31. The molecule has 1 saturated heterocycles. The van der Waals surface area contributed by atoms with Crippen molar-refractivity contribution in [3.63, 3.8) is 0 Å². The zero-order valence-corrected chi connectivity index (χ0v) is 15.9. The van der Waals surface area contributed by atoms with Crippen LogP contribution in [0.3, 0.4) is 0 Å². The predicted octanol–water partition coefficient (Wildman–Crippen LogP) is 4.11. The van der Waals surface area contributed by atoms with Gasteiger partial charge in [-0.3, -0.25) is 9.69 Å². The van der Waals surface area contributed by atoms with E-state index in [1.54, 1.807) is 11.3 Å². The van der Waals surface area contributed by atoms with Crippen LogP contribution in [0.2, 0.25) is 0 Å². The number of hydrogen-bond acceptors (Lipinski definition) is 4. The van der Waals surface area contributed by atoms with Crippen molar-refractivity contribution >= 4 is 27.3 Å². The number of morpholine rings is 1. The van der Waals surface area contributed by atoms with Gasteiger partial charge in [0.15, 0.2) is 5.78 Å². The Hall–Kier alpha value is -1.17. The number of nitrogens with zero attached hydrogens (tertiary/aromatic N) is 2. The smallest absolute Gasteiger partial charge is 0.168 e. The molecule has 0 N–H and O–H groups in total. The summed E-state index contributed by atoms with van der Waals surface area (Å²) in [7, 11) is 0. The molecule has 4 rings (SSSR count). The highest BCUT2D eigenvalue weighted by Gasteiger charge is 2.28. The summed E-state index contributed by atoms with van der Waals surface area (Å²) >= 11 is 1.77. The number of Topliss-reactive ketones (excluding diaryl/α,β-unsaturated/α-hetero) is 1. The van der Waals surface area contributed by atoms with Crippen molar-refractivity contribution < 1.29 is 9.53 Å². The van der Waals surface area contributed by atoms with Gasteiger partial charge in [0.1, 0.15) is 4.83 Å². The van der Waals surface area contributed by atoms with Gasteiger partial charge in [-0.25, -0.2) is 0 Å². The van der Waals surface area contributed by atoms with Crippen LogP contribution in [0.1, 0.15) is 48.2 Å². The van der Waals surface area contributed by atoms with Crippen LogP contribution in [0.4, 0.5) is 0 Å². The fourth-order valence-corrected chi connectivity index (χ4v) is 5.38. The average Bonchev–Trinajstić information content (AvgIpc) is 3.21. The quantitative estimate of drug-likeness (QED) is 0.753. The van der Waals surface area contributed by atoms with Gasteiger partial charge in [-0.05, 0) is 31.2 Å². The molecule has 0 bridgehead atoms. The third kappa shape index (κ3) is 3.42. The monoisotopic (exact) mass is 360 g/mol. The van der Waals surface area contributed by atoms with Crippen LogP contribution in [0.25, 0.3) is 10.2 Å². The van der Waals surface area contributed by atoms with Crippen molar-refractivity contribution in [1.82, 2.24) is 9.47 Å². The molecular formula is C20H28N2O2S. The fraction of sp³-hybridized carbons (Fsp3) is 0.650. The zero-order valence-electron chi connectivity index (χ0n) is 15.1. The second-order valence-electron chi connectivity index (χ2n) is 7.40. The molecule has 0 amide bonds. The second-order valence-corrected chi connectivity index (χ2v) is 8.30. The van der Waals surface area contributed by atoms with Gasteiger partial charge in [0.2, 0.25) is 0 Å². The summed E-state index contributed by atoms with van der Waals surface area (Å²) in [6.07, 6.45) is 5.85. The van der Waals surface area contributed by atoms with Crippen LogP contribution in [0, 0.1) is 12.8 Å². The van der Waals surface area contributed by atoms with E-state index in [2.05, 4.69) is 27.8 Å². The van der Waals surface area contributed by atoms with Crippen molar-refractivity contribution in [2.75, 3.05) is 32.8 Å². The number of carbonyl (C=O) groups is 1. The summed E-state index contributed by atoms with van der Waals surface area (Å²) in [4.78, 5) is 16.9. The summed E-state index contributed by atoms with van der Waals surface area (Å²) < 4.78 is 7.83. The highest BCUT2D eigenvalue weighted by atomic mass is 32.1. The zero-order chi connectivity index (χ0) is 17.2. The Morgan fingerprint density at radius 3 is 2.72 bits per heavy atom. The van der Waals surface area contributed by atoms with Gasteiger partial charge in [0, 0.05) is 48.7 Å². The molecule has 0 aromatic carbocycles. The molecule has 1 saturated carbocycles. The Bertz CT molecular complexity index is 736. The van der Waals surface area contributed by atoms with Crippen LogP contribution in [0.5, 0.6) is 0 Å². The number of rotatable bonds is 5. The number of carbonyl (C=O) groups excluding carboxylic acids is 1. The number of aromatic nitrogens is 1. The van der Waals surface area contributed by atoms with Crippen LogP contribution in [-0.4, -0.2) is 48.1 Å². The highest BCUT2D eigenvalue weighted by molar-refractivity contribution is 7.16. The lowest BCUT2D eigenvalue weighted by Crippen LogP contribution is -2.38. The molecule has 4 nitrogen and oxygen atoms in total. The Morgan fingerprint density at radius 1 is 1.20 bits per heavy atom. The third-order valence-electron chi connectivity index (χ3n) is 5.89. The SMILES string of the molecule is Cc1c(C(=O)C2CCCCC2)c2ccsc2n1CCN1CCOCC1. The molecule has 136 valence electrons. The molecule has 2 aliphatic rings. The minimum absolute atomic E-state index is 0.241. The molecule has 0 unspecified atom stereocenters. The fourth-order valence-electron chi connectivity index (χ4n) is 4.40. The molecule has 0 radical (unpaired) electrons. The molecule has 1 aliphatic heterocycles. The standard InChI is InChI=1S/C20H28N2O2S/c1-15-18(19(23)16-5-3-2-4-6-16)17-7-14-25-20(17)22(15)9-8-21-10-12-24-13-11-21/h7,14,16H,2-6,8-13H2,1H3. The van der Waals surface area contributed by atoms with Crippen molar-refractivity contribution in [2.24, 2.45) is 5.92 Å². The maximum absolute atomic E-state index is 13.2. The first-order valence-electron chi connectivity index (χ1n) is 9.66. The predicted molar refractivity (Wildman–Crippen MR) is 103 cm³/mol. The van der Waals surface area contributed by atoms with Gasteiger partial charge >= 0.3 is 0 Å². The molecule has 2 aromatic rings. The summed E-state index contributed by atoms with van der Waals surface area (Å²) in [5.41, 5.74) is 2.18. The van der Waals surface area contributed by atoms with E-state index in [-0.39, 0.29) is 5.92 Å². The third-order valence-corrected chi connectivity index (χ3v) is 6.83. The molecule has 25 heavy (non-hydrogen) atoms. The lowest BCUT2D eigenvalue weighted by atomic mass is 9.83. The van der Waals surface area contributed by atoms with Gasteiger partial charge in [0.25, 0.3) is 0 Å². The van der Waals surface area contributed by atoms with E-state index in [0.29, 0.717) is 5.78 Å².